The molecule has 1 aliphatic rings. The van der Waals surface area contributed by atoms with Crippen molar-refractivity contribution in [2.75, 3.05) is 18.4 Å². The van der Waals surface area contributed by atoms with Crippen LogP contribution < -0.4 is 16.0 Å². The summed E-state index contributed by atoms with van der Waals surface area (Å²) in [6.07, 6.45) is 5.01. The van der Waals surface area contributed by atoms with E-state index < -0.39 is 0 Å². The van der Waals surface area contributed by atoms with Crippen molar-refractivity contribution in [3.63, 3.8) is 0 Å². The normalized spacial score (nSPS) is 13.4. The first kappa shape index (κ1) is 22.2. The van der Waals surface area contributed by atoms with Crippen LogP contribution in [0.25, 0.3) is 31.9 Å². The molecule has 4 aromatic rings. The molecule has 0 radical (unpaired) electrons. The highest BCUT2D eigenvalue weighted by Gasteiger charge is 2.25. The predicted octanol–water partition coefficient (Wildman–Crippen LogP) is 5.06. The fraction of sp³-hybridized carbons (Fsp3) is 0.320. The molecular weight excluding hydrogens is 450 g/mol. The molecule has 0 unspecified atom stereocenters. The van der Waals surface area contributed by atoms with E-state index in [4.69, 9.17) is 4.98 Å². The Balaban J connectivity index is 1.53. The molecule has 33 heavy (non-hydrogen) atoms. The van der Waals surface area contributed by atoms with Gasteiger partial charge in [-0.1, -0.05) is 26.0 Å². The number of rotatable bonds is 7. The Bertz CT molecular complexity index is 1280. The van der Waals surface area contributed by atoms with E-state index in [9.17, 15) is 4.79 Å². The number of aromatic nitrogens is 2. The van der Waals surface area contributed by atoms with Crippen LogP contribution in [-0.2, 0) is 17.8 Å². The first-order chi connectivity index (χ1) is 16.1. The van der Waals surface area contributed by atoms with Crippen LogP contribution in [0.3, 0.4) is 0 Å². The molecule has 3 aromatic heterocycles. The van der Waals surface area contributed by atoms with Crippen molar-refractivity contribution >= 4 is 43.8 Å². The smallest absolute Gasteiger partial charge is 0.226 e. The molecule has 1 amide bonds. The van der Waals surface area contributed by atoms with Gasteiger partial charge in [-0.25, -0.2) is 4.98 Å². The molecule has 0 aliphatic carbocycles. The number of benzene rings is 1. The second-order valence-corrected chi connectivity index (χ2v) is 10.6. The lowest BCUT2D eigenvalue weighted by Gasteiger charge is -2.13. The van der Waals surface area contributed by atoms with E-state index in [1.165, 1.54) is 10.4 Å². The molecule has 0 saturated carbocycles. The molecule has 0 atom stereocenters. The molecule has 0 fully saturated rings. The van der Waals surface area contributed by atoms with Crippen molar-refractivity contribution in [2.45, 2.75) is 39.3 Å². The first-order valence-corrected chi connectivity index (χ1v) is 12.9. The molecule has 0 saturated heterocycles. The van der Waals surface area contributed by atoms with Crippen molar-refractivity contribution < 1.29 is 4.79 Å². The highest BCUT2D eigenvalue weighted by Crippen LogP contribution is 2.45. The highest BCUT2D eigenvalue weighted by atomic mass is 32.1. The van der Waals surface area contributed by atoms with Crippen molar-refractivity contribution in [3.05, 3.63) is 53.2 Å². The van der Waals surface area contributed by atoms with Crippen LogP contribution in [0, 0.1) is 0 Å². The maximum atomic E-state index is 12.7. The summed E-state index contributed by atoms with van der Waals surface area (Å²) in [7, 11) is 0. The predicted molar refractivity (Wildman–Crippen MR) is 138 cm³/mol. The number of para-hydroxylation sites is 1. The third-order valence-electron chi connectivity index (χ3n) is 5.71. The van der Waals surface area contributed by atoms with E-state index in [1.54, 1.807) is 22.7 Å². The number of carbonyl (C=O) groups is 1. The summed E-state index contributed by atoms with van der Waals surface area (Å²) in [6.45, 7) is 6.62. The van der Waals surface area contributed by atoms with Gasteiger partial charge in [0.2, 0.25) is 5.91 Å². The lowest BCUT2D eigenvalue weighted by Crippen LogP contribution is -2.27. The largest absolute Gasteiger partial charge is 0.317 e. The van der Waals surface area contributed by atoms with Crippen LogP contribution in [0.2, 0.25) is 0 Å². The number of fused-ring (bicyclic) bond motifs is 2. The Morgan fingerprint density at radius 1 is 1.18 bits per heavy atom. The third kappa shape index (κ3) is 4.70. The Labute approximate surface area is 201 Å². The van der Waals surface area contributed by atoms with Crippen molar-refractivity contribution in [2.24, 2.45) is 0 Å². The number of carbonyl (C=O) groups excluding carboxylic acids is 1. The van der Waals surface area contributed by atoms with Crippen molar-refractivity contribution in [1.82, 2.24) is 20.6 Å². The van der Waals surface area contributed by atoms with Gasteiger partial charge in [-0.05, 0) is 42.3 Å². The topological polar surface area (TPSA) is 78.9 Å². The maximum Gasteiger partial charge on any atom is 0.226 e. The highest BCUT2D eigenvalue weighted by molar-refractivity contribution is 7.23. The minimum Gasteiger partial charge on any atom is -0.317 e. The van der Waals surface area contributed by atoms with Gasteiger partial charge in [-0.15, -0.1) is 22.7 Å². The molecule has 6 nitrogen and oxygen atoms in total. The molecule has 4 heterocycles. The monoisotopic (exact) mass is 477 g/mol. The number of nitrogens with one attached hydrogen (secondary N) is 3. The van der Waals surface area contributed by atoms with Gasteiger partial charge in [0.05, 0.1) is 10.2 Å². The van der Waals surface area contributed by atoms with E-state index in [-0.39, 0.29) is 5.91 Å². The summed E-state index contributed by atoms with van der Waals surface area (Å²) < 4.78 is 1.15. The minimum absolute atomic E-state index is 0.0366. The standard InChI is InChI=1S/C25H27N5OS2/c1-15(2)28-13-9-21(31)29-24-22(18-8-12-27-14-20(18)33-24)25-30-23-17(4-3-5-19(23)32-25)16-6-10-26-11-7-16/h3-7,10-11,15,27-28H,8-9,12-14H2,1-2H3,(H,29,31). The second-order valence-electron chi connectivity index (χ2n) is 8.45. The zero-order valence-corrected chi connectivity index (χ0v) is 20.4. The van der Waals surface area contributed by atoms with E-state index in [2.05, 4.69) is 53.0 Å². The van der Waals surface area contributed by atoms with Gasteiger partial charge in [0.25, 0.3) is 0 Å². The van der Waals surface area contributed by atoms with Gasteiger partial charge >= 0.3 is 0 Å². The molecule has 0 spiro atoms. The number of hydrogen-bond acceptors (Lipinski definition) is 7. The van der Waals surface area contributed by atoms with Gasteiger partial charge in [0.1, 0.15) is 10.0 Å². The SMILES string of the molecule is CC(C)NCCC(=O)Nc1sc2c(c1-c1nc3c(-c4ccncc4)cccc3s1)CCNC2. The van der Waals surface area contributed by atoms with Crippen LogP contribution in [-0.4, -0.2) is 35.0 Å². The molecule has 5 rings (SSSR count). The summed E-state index contributed by atoms with van der Waals surface area (Å²) in [5.41, 5.74) is 5.63. The van der Waals surface area contributed by atoms with Crippen LogP contribution >= 0.6 is 22.7 Å². The summed E-state index contributed by atoms with van der Waals surface area (Å²) >= 11 is 3.37. The Hall–Kier alpha value is -2.65. The zero-order chi connectivity index (χ0) is 22.8. The lowest BCUT2D eigenvalue weighted by atomic mass is 10.0. The zero-order valence-electron chi connectivity index (χ0n) is 18.8. The summed E-state index contributed by atoms with van der Waals surface area (Å²) in [4.78, 5) is 23.3. The maximum absolute atomic E-state index is 12.7. The number of thiophene rings is 1. The van der Waals surface area contributed by atoms with E-state index in [0.717, 1.165) is 56.4 Å². The second kappa shape index (κ2) is 9.69. The van der Waals surface area contributed by atoms with E-state index >= 15 is 0 Å². The number of anilines is 1. The van der Waals surface area contributed by atoms with Crippen LogP contribution in [0.15, 0.2) is 42.7 Å². The molecule has 8 heteroatoms. The average Bonchev–Trinajstić information content (AvgIpc) is 3.39. The number of nitrogens with zero attached hydrogens (tertiary/aromatic N) is 2. The molecular formula is C25H27N5OS2. The lowest BCUT2D eigenvalue weighted by molar-refractivity contribution is -0.116. The van der Waals surface area contributed by atoms with Crippen molar-refractivity contribution in [3.8, 4) is 21.7 Å². The van der Waals surface area contributed by atoms with E-state index in [0.29, 0.717) is 19.0 Å². The van der Waals surface area contributed by atoms with Gasteiger partial charge in [0, 0.05) is 53.9 Å². The summed E-state index contributed by atoms with van der Waals surface area (Å²) in [5.74, 6) is 0.0366. The Morgan fingerprint density at radius 3 is 2.85 bits per heavy atom. The number of thiazole rings is 1. The minimum atomic E-state index is 0.0366. The molecule has 1 aliphatic heterocycles. The van der Waals surface area contributed by atoms with Gasteiger partial charge in [-0.3, -0.25) is 9.78 Å². The molecule has 1 aromatic carbocycles. The van der Waals surface area contributed by atoms with E-state index in [1.807, 2.05) is 24.5 Å². The summed E-state index contributed by atoms with van der Waals surface area (Å²) in [6, 6.07) is 10.7. The van der Waals surface area contributed by atoms with Gasteiger partial charge in [0.15, 0.2) is 0 Å². The van der Waals surface area contributed by atoms with Crippen LogP contribution in [0.1, 0.15) is 30.7 Å². The Kier molecular flexibility index (Phi) is 6.50. The Morgan fingerprint density at radius 2 is 2.03 bits per heavy atom. The molecule has 3 N–H and O–H groups in total. The third-order valence-corrected chi connectivity index (χ3v) is 7.90. The van der Waals surface area contributed by atoms with Gasteiger partial charge < -0.3 is 16.0 Å². The number of pyridine rings is 1. The number of hydrogen-bond donors (Lipinski definition) is 3. The summed E-state index contributed by atoms with van der Waals surface area (Å²) in [5, 5.41) is 11.9. The fourth-order valence-electron chi connectivity index (χ4n) is 4.13. The van der Waals surface area contributed by atoms with Crippen LogP contribution in [0.4, 0.5) is 5.00 Å². The van der Waals surface area contributed by atoms with Crippen LogP contribution in [0.5, 0.6) is 0 Å². The fourth-order valence-corrected chi connectivity index (χ4v) is 6.50. The quantitative estimate of drug-likeness (QED) is 0.347. The first-order valence-electron chi connectivity index (χ1n) is 11.3. The molecule has 170 valence electrons. The van der Waals surface area contributed by atoms with Crippen molar-refractivity contribution in [1.29, 1.82) is 0 Å². The number of amides is 1. The molecule has 0 bridgehead atoms. The average molecular weight is 478 g/mol. The van der Waals surface area contributed by atoms with Gasteiger partial charge in [-0.2, -0.15) is 0 Å².